The summed E-state index contributed by atoms with van der Waals surface area (Å²) in [5.41, 5.74) is 0.580. The zero-order valence-electron chi connectivity index (χ0n) is 13.3. The fourth-order valence-corrected chi connectivity index (χ4v) is 2.98. The van der Waals surface area contributed by atoms with Crippen molar-refractivity contribution in [2.45, 2.75) is 39.2 Å². The molecular formula is C17H25NO3. The molecule has 1 saturated carbocycles. The molecule has 0 aromatic heterocycles. The van der Waals surface area contributed by atoms with Gasteiger partial charge in [-0.05, 0) is 30.4 Å². The van der Waals surface area contributed by atoms with Gasteiger partial charge in [0.2, 0.25) is 0 Å². The van der Waals surface area contributed by atoms with Crippen molar-refractivity contribution in [2.24, 2.45) is 11.8 Å². The van der Waals surface area contributed by atoms with Crippen LogP contribution in [-0.4, -0.2) is 26.2 Å². The third-order valence-electron chi connectivity index (χ3n) is 4.64. The Balaban J connectivity index is 2.12. The van der Waals surface area contributed by atoms with Crippen LogP contribution in [0.4, 0.5) is 0 Å². The fraction of sp³-hybridized carbons (Fsp3) is 0.588. The number of benzene rings is 1. The Hall–Kier alpha value is -1.71. The maximum absolute atomic E-state index is 12.5. The molecule has 0 heterocycles. The predicted molar refractivity (Wildman–Crippen MR) is 83.0 cm³/mol. The second-order valence-electron chi connectivity index (χ2n) is 5.95. The second-order valence-corrected chi connectivity index (χ2v) is 5.95. The van der Waals surface area contributed by atoms with E-state index < -0.39 is 0 Å². The molecule has 2 rings (SSSR count). The molecule has 21 heavy (non-hydrogen) atoms. The van der Waals surface area contributed by atoms with E-state index in [0.29, 0.717) is 28.9 Å². The topological polar surface area (TPSA) is 47.6 Å². The third-order valence-corrected chi connectivity index (χ3v) is 4.64. The molecule has 0 radical (unpaired) electrons. The van der Waals surface area contributed by atoms with Gasteiger partial charge >= 0.3 is 0 Å². The van der Waals surface area contributed by atoms with Crippen molar-refractivity contribution >= 4 is 5.91 Å². The summed E-state index contributed by atoms with van der Waals surface area (Å²) in [6.07, 6.45) is 3.48. The molecular weight excluding hydrogens is 266 g/mol. The molecule has 0 saturated heterocycles. The van der Waals surface area contributed by atoms with Crippen molar-refractivity contribution in [1.29, 1.82) is 0 Å². The average Bonchev–Trinajstić information content (AvgIpc) is 2.51. The molecule has 0 unspecified atom stereocenters. The summed E-state index contributed by atoms with van der Waals surface area (Å²) in [5, 5.41) is 3.17. The molecule has 1 aromatic rings. The quantitative estimate of drug-likeness (QED) is 0.926. The van der Waals surface area contributed by atoms with Crippen molar-refractivity contribution in [1.82, 2.24) is 5.32 Å². The van der Waals surface area contributed by atoms with Gasteiger partial charge in [0.05, 0.1) is 14.2 Å². The number of carbonyl (C=O) groups excluding carboxylic acids is 1. The number of hydrogen-bond donors (Lipinski definition) is 1. The van der Waals surface area contributed by atoms with Gasteiger partial charge in [0, 0.05) is 17.7 Å². The van der Waals surface area contributed by atoms with Gasteiger partial charge in [-0.15, -0.1) is 0 Å². The zero-order chi connectivity index (χ0) is 15.4. The van der Waals surface area contributed by atoms with E-state index in [9.17, 15) is 4.79 Å². The van der Waals surface area contributed by atoms with E-state index >= 15 is 0 Å². The molecule has 0 spiro atoms. The average molecular weight is 291 g/mol. The predicted octanol–water partition coefficient (Wildman–Crippen LogP) is 3.26. The van der Waals surface area contributed by atoms with Gasteiger partial charge < -0.3 is 14.8 Å². The molecule has 1 aliphatic carbocycles. The SMILES string of the molecule is COc1cc(OC)cc(C(=O)N[C@@H]2CCC[C@H](C)[C@@H]2C)c1. The van der Waals surface area contributed by atoms with Gasteiger partial charge in [0.15, 0.2) is 0 Å². The van der Waals surface area contributed by atoms with Crippen molar-refractivity contribution in [3.05, 3.63) is 23.8 Å². The summed E-state index contributed by atoms with van der Waals surface area (Å²) in [6.45, 7) is 4.48. The Morgan fingerprint density at radius 1 is 1.10 bits per heavy atom. The Kier molecular flexibility index (Phi) is 5.10. The molecule has 3 atom stereocenters. The van der Waals surface area contributed by atoms with Gasteiger partial charge in [0.1, 0.15) is 11.5 Å². The van der Waals surface area contributed by atoms with Crippen LogP contribution in [0.1, 0.15) is 43.5 Å². The molecule has 0 bridgehead atoms. The second kappa shape index (κ2) is 6.83. The van der Waals surface area contributed by atoms with Crippen molar-refractivity contribution in [2.75, 3.05) is 14.2 Å². The first kappa shape index (κ1) is 15.7. The largest absolute Gasteiger partial charge is 0.497 e. The Labute approximate surface area is 126 Å². The van der Waals surface area contributed by atoms with E-state index in [1.165, 1.54) is 12.8 Å². The highest BCUT2D eigenvalue weighted by Gasteiger charge is 2.28. The molecule has 1 N–H and O–H groups in total. The smallest absolute Gasteiger partial charge is 0.251 e. The van der Waals surface area contributed by atoms with Gasteiger partial charge in [0.25, 0.3) is 5.91 Å². The number of amides is 1. The normalized spacial score (nSPS) is 25.2. The molecule has 1 fully saturated rings. The van der Waals surface area contributed by atoms with Crippen LogP contribution in [0.5, 0.6) is 11.5 Å². The van der Waals surface area contributed by atoms with Crippen LogP contribution in [-0.2, 0) is 0 Å². The summed E-state index contributed by atoms with van der Waals surface area (Å²) in [7, 11) is 3.17. The Bertz CT molecular complexity index is 479. The summed E-state index contributed by atoms with van der Waals surface area (Å²) >= 11 is 0. The van der Waals surface area contributed by atoms with E-state index in [0.717, 1.165) is 6.42 Å². The van der Waals surface area contributed by atoms with Crippen LogP contribution in [0.25, 0.3) is 0 Å². The lowest BCUT2D eigenvalue weighted by Crippen LogP contribution is -2.43. The number of nitrogens with one attached hydrogen (secondary N) is 1. The van der Waals surface area contributed by atoms with E-state index in [1.54, 1.807) is 32.4 Å². The lowest BCUT2D eigenvalue weighted by molar-refractivity contribution is 0.0890. The standard InChI is InChI=1S/C17H25NO3/c1-11-6-5-7-16(12(11)2)18-17(19)13-8-14(20-3)10-15(9-13)21-4/h8-12,16H,5-7H2,1-4H3,(H,18,19)/t11-,12-,16+/m0/s1. The molecule has 0 aliphatic heterocycles. The number of rotatable bonds is 4. The summed E-state index contributed by atoms with van der Waals surface area (Å²) in [5.74, 6) is 2.37. The molecule has 1 aromatic carbocycles. The number of ether oxygens (including phenoxy) is 2. The van der Waals surface area contributed by atoms with Crippen LogP contribution in [0, 0.1) is 11.8 Å². The minimum absolute atomic E-state index is 0.0573. The Morgan fingerprint density at radius 2 is 1.71 bits per heavy atom. The fourth-order valence-electron chi connectivity index (χ4n) is 2.98. The highest BCUT2D eigenvalue weighted by molar-refractivity contribution is 5.95. The zero-order valence-corrected chi connectivity index (χ0v) is 13.3. The highest BCUT2D eigenvalue weighted by atomic mass is 16.5. The minimum atomic E-state index is -0.0573. The number of hydrogen-bond acceptors (Lipinski definition) is 3. The van der Waals surface area contributed by atoms with Gasteiger partial charge in [-0.1, -0.05) is 26.7 Å². The first-order valence-corrected chi connectivity index (χ1v) is 7.59. The van der Waals surface area contributed by atoms with Crippen molar-refractivity contribution in [3.8, 4) is 11.5 Å². The number of methoxy groups -OCH3 is 2. The van der Waals surface area contributed by atoms with Crippen molar-refractivity contribution in [3.63, 3.8) is 0 Å². The van der Waals surface area contributed by atoms with Gasteiger partial charge in [-0.3, -0.25) is 4.79 Å². The summed E-state index contributed by atoms with van der Waals surface area (Å²) < 4.78 is 10.4. The Morgan fingerprint density at radius 3 is 2.29 bits per heavy atom. The first-order chi connectivity index (χ1) is 10.0. The van der Waals surface area contributed by atoms with Crippen LogP contribution < -0.4 is 14.8 Å². The van der Waals surface area contributed by atoms with E-state index in [4.69, 9.17) is 9.47 Å². The summed E-state index contributed by atoms with van der Waals surface area (Å²) in [6, 6.07) is 5.50. The van der Waals surface area contributed by atoms with E-state index in [1.807, 2.05) is 0 Å². The van der Waals surface area contributed by atoms with Crippen LogP contribution >= 0.6 is 0 Å². The molecule has 1 aliphatic rings. The monoisotopic (exact) mass is 291 g/mol. The molecule has 4 nitrogen and oxygen atoms in total. The first-order valence-electron chi connectivity index (χ1n) is 7.59. The molecule has 4 heteroatoms. The van der Waals surface area contributed by atoms with Gasteiger partial charge in [-0.25, -0.2) is 0 Å². The third kappa shape index (κ3) is 3.69. The maximum atomic E-state index is 12.5. The molecule has 1 amide bonds. The van der Waals surface area contributed by atoms with Crippen LogP contribution in [0.3, 0.4) is 0 Å². The van der Waals surface area contributed by atoms with E-state index in [2.05, 4.69) is 19.2 Å². The van der Waals surface area contributed by atoms with Gasteiger partial charge in [-0.2, -0.15) is 0 Å². The van der Waals surface area contributed by atoms with Crippen molar-refractivity contribution < 1.29 is 14.3 Å². The van der Waals surface area contributed by atoms with Crippen LogP contribution in [0.2, 0.25) is 0 Å². The lowest BCUT2D eigenvalue weighted by Gasteiger charge is -2.34. The number of carbonyl (C=O) groups is 1. The lowest BCUT2D eigenvalue weighted by atomic mass is 9.78. The van der Waals surface area contributed by atoms with E-state index in [-0.39, 0.29) is 11.9 Å². The minimum Gasteiger partial charge on any atom is -0.497 e. The molecule has 116 valence electrons. The summed E-state index contributed by atoms with van der Waals surface area (Å²) in [4.78, 5) is 12.5. The maximum Gasteiger partial charge on any atom is 0.251 e. The van der Waals surface area contributed by atoms with Crippen LogP contribution in [0.15, 0.2) is 18.2 Å². The highest BCUT2D eigenvalue weighted by Crippen LogP contribution is 2.30.